The summed E-state index contributed by atoms with van der Waals surface area (Å²) >= 11 is 0. The molecule has 0 aliphatic heterocycles. The third kappa shape index (κ3) is 2.44. The molecular weight excluding hydrogens is 159 g/mol. The van der Waals surface area contributed by atoms with Crippen molar-refractivity contribution in [2.45, 2.75) is 31.3 Å². The molecule has 0 atom stereocenters. The summed E-state index contributed by atoms with van der Waals surface area (Å²) in [6.45, 7) is 3.65. The molecule has 0 aromatic carbocycles. The molecule has 1 aliphatic carbocycles. The molecule has 0 bridgehead atoms. The zero-order valence-electron chi connectivity index (χ0n) is 7.17. The van der Waals surface area contributed by atoms with Crippen LogP contribution >= 0.6 is 7.14 Å². The molecule has 0 unspecified atom stereocenters. The first-order valence-electron chi connectivity index (χ1n) is 4.06. The zero-order valence-corrected chi connectivity index (χ0v) is 8.06. The Bertz CT molecular complexity index is 194. The first-order chi connectivity index (χ1) is 5.00. The van der Waals surface area contributed by atoms with E-state index >= 15 is 0 Å². The Morgan fingerprint density at radius 3 is 2.09 bits per heavy atom. The quantitative estimate of drug-likeness (QED) is 0.570. The fourth-order valence-corrected chi connectivity index (χ4v) is 3.05. The highest BCUT2D eigenvalue weighted by Crippen LogP contribution is 2.48. The van der Waals surface area contributed by atoms with Crippen molar-refractivity contribution in [1.29, 1.82) is 0 Å². The molecule has 1 saturated carbocycles. The monoisotopic (exact) mass is 174 g/mol. The Morgan fingerprint density at radius 2 is 1.73 bits per heavy atom. The fraction of sp³-hybridized carbons (Fsp3) is 0.875. The van der Waals surface area contributed by atoms with Crippen molar-refractivity contribution in [1.82, 2.24) is 0 Å². The molecule has 3 heteroatoms. The van der Waals surface area contributed by atoms with Gasteiger partial charge in [0.25, 0.3) is 0 Å². The maximum atomic E-state index is 11.6. The van der Waals surface area contributed by atoms with Crippen molar-refractivity contribution >= 4 is 12.9 Å². The summed E-state index contributed by atoms with van der Waals surface area (Å²) < 4.78 is 11.6. The van der Waals surface area contributed by atoms with E-state index in [1.54, 1.807) is 0 Å². The van der Waals surface area contributed by atoms with Crippen molar-refractivity contribution < 1.29 is 9.36 Å². The van der Waals surface area contributed by atoms with E-state index in [2.05, 4.69) is 0 Å². The van der Waals surface area contributed by atoms with E-state index in [1.807, 2.05) is 13.3 Å². The van der Waals surface area contributed by atoms with Gasteiger partial charge in [0.2, 0.25) is 0 Å². The molecule has 0 saturated heterocycles. The van der Waals surface area contributed by atoms with E-state index in [0.29, 0.717) is 24.3 Å². The molecule has 1 fully saturated rings. The van der Waals surface area contributed by atoms with Crippen LogP contribution in [-0.4, -0.2) is 24.8 Å². The van der Waals surface area contributed by atoms with Gasteiger partial charge in [0, 0.05) is 18.5 Å². The predicted molar refractivity (Wildman–Crippen MR) is 46.7 cm³/mol. The van der Waals surface area contributed by atoms with Gasteiger partial charge in [0.05, 0.1) is 7.14 Å². The van der Waals surface area contributed by atoms with Crippen LogP contribution in [0.5, 0.6) is 0 Å². The van der Waals surface area contributed by atoms with E-state index in [9.17, 15) is 9.36 Å². The fourth-order valence-electron chi connectivity index (χ4n) is 1.55. The molecule has 0 spiro atoms. The van der Waals surface area contributed by atoms with Gasteiger partial charge in [-0.15, -0.1) is 0 Å². The molecule has 1 aliphatic rings. The molecule has 1 rings (SSSR count). The molecule has 0 aromatic rings. The van der Waals surface area contributed by atoms with Crippen molar-refractivity contribution in [2.24, 2.45) is 0 Å². The smallest absolute Gasteiger partial charge is 0.132 e. The van der Waals surface area contributed by atoms with Gasteiger partial charge in [-0.1, -0.05) is 0 Å². The van der Waals surface area contributed by atoms with Crippen molar-refractivity contribution in [3.05, 3.63) is 0 Å². The number of hydrogen-bond acceptors (Lipinski definition) is 2. The molecule has 0 amide bonds. The lowest BCUT2D eigenvalue weighted by molar-refractivity contribution is -0.120. The van der Waals surface area contributed by atoms with Gasteiger partial charge in [-0.05, 0) is 26.2 Å². The van der Waals surface area contributed by atoms with Gasteiger partial charge in [-0.2, -0.15) is 0 Å². The molecular formula is C8H15O2P. The van der Waals surface area contributed by atoms with Gasteiger partial charge < -0.3 is 4.57 Å². The van der Waals surface area contributed by atoms with E-state index in [1.165, 1.54) is 0 Å². The normalized spacial score (nSPS) is 22.2. The zero-order chi connectivity index (χ0) is 8.48. The van der Waals surface area contributed by atoms with Crippen molar-refractivity contribution in [3.8, 4) is 0 Å². The maximum absolute atomic E-state index is 11.6. The van der Waals surface area contributed by atoms with Crippen molar-refractivity contribution in [3.63, 3.8) is 0 Å². The Kier molecular flexibility index (Phi) is 2.54. The highest BCUT2D eigenvalue weighted by Gasteiger charge is 2.27. The maximum Gasteiger partial charge on any atom is 0.132 e. The van der Waals surface area contributed by atoms with Gasteiger partial charge in [0.15, 0.2) is 0 Å². The first kappa shape index (κ1) is 8.99. The minimum Gasteiger partial charge on any atom is -0.324 e. The lowest BCUT2D eigenvalue weighted by atomic mass is 9.99. The van der Waals surface area contributed by atoms with Crippen LogP contribution in [0.2, 0.25) is 0 Å². The number of ketones is 1. The molecule has 11 heavy (non-hydrogen) atoms. The lowest BCUT2D eigenvalue weighted by Gasteiger charge is -2.24. The van der Waals surface area contributed by atoms with E-state index in [-0.39, 0.29) is 0 Å². The average molecular weight is 174 g/mol. The summed E-state index contributed by atoms with van der Waals surface area (Å²) in [5, 5.41) is 0. The van der Waals surface area contributed by atoms with Gasteiger partial charge >= 0.3 is 0 Å². The average Bonchev–Trinajstić information content (AvgIpc) is 1.86. The number of hydrogen-bond donors (Lipinski definition) is 0. The topological polar surface area (TPSA) is 34.1 Å². The third-order valence-corrected chi connectivity index (χ3v) is 4.67. The summed E-state index contributed by atoms with van der Waals surface area (Å²) in [7, 11) is -1.92. The highest BCUT2D eigenvalue weighted by atomic mass is 31.2. The van der Waals surface area contributed by atoms with Crippen LogP contribution in [-0.2, 0) is 9.36 Å². The van der Waals surface area contributed by atoms with Gasteiger partial charge in [-0.3, -0.25) is 4.79 Å². The molecule has 64 valence electrons. The number of carbonyl (C=O) groups excluding carboxylic acids is 1. The van der Waals surface area contributed by atoms with E-state index in [0.717, 1.165) is 12.8 Å². The van der Waals surface area contributed by atoms with Crippen LogP contribution in [0.15, 0.2) is 0 Å². The summed E-state index contributed by atoms with van der Waals surface area (Å²) in [5.74, 6) is 0.342. The SMILES string of the molecule is CP(C)(=O)C1CCC(=O)CC1. The summed E-state index contributed by atoms with van der Waals surface area (Å²) in [6, 6.07) is 0. The molecule has 0 radical (unpaired) electrons. The minimum absolute atomic E-state index is 0.320. The van der Waals surface area contributed by atoms with Crippen molar-refractivity contribution in [2.75, 3.05) is 13.3 Å². The first-order valence-corrected chi connectivity index (χ1v) is 6.73. The Morgan fingerprint density at radius 1 is 1.27 bits per heavy atom. The van der Waals surface area contributed by atoms with Crippen LogP contribution in [0, 0.1) is 0 Å². The Hall–Kier alpha value is -0.100. The molecule has 0 N–H and O–H groups in total. The minimum atomic E-state index is -1.92. The van der Waals surface area contributed by atoms with Gasteiger partial charge in [-0.25, -0.2) is 0 Å². The molecule has 2 nitrogen and oxygen atoms in total. The standard InChI is InChI=1S/C8H15O2P/c1-11(2,10)8-5-3-7(9)4-6-8/h8H,3-6H2,1-2H3. The molecule has 0 aromatic heterocycles. The van der Waals surface area contributed by atoms with Crippen LogP contribution in [0.3, 0.4) is 0 Å². The summed E-state index contributed by atoms with van der Waals surface area (Å²) in [4.78, 5) is 10.8. The summed E-state index contributed by atoms with van der Waals surface area (Å²) in [6.07, 6.45) is 3.00. The summed E-state index contributed by atoms with van der Waals surface area (Å²) in [5.41, 5.74) is 0.320. The van der Waals surface area contributed by atoms with E-state index in [4.69, 9.17) is 0 Å². The second-order valence-corrected chi connectivity index (χ2v) is 7.30. The predicted octanol–water partition coefficient (Wildman–Crippen LogP) is 2.12. The second-order valence-electron chi connectivity index (χ2n) is 3.70. The highest BCUT2D eigenvalue weighted by molar-refractivity contribution is 7.63. The number of Topliss-reactive ketones (excluding diaryl/α,β-unsaturated/α-hetero) is 1. The Labute approximate surface area is 67.7 Å². The van der Waals surface area contributed by atoms with E-state index < -0.39 is 7.14 Å². The second kappa shape index (κ2) is 3.10. The number of carbonyl (C=O) groups is 1. The van der Waals surface area contributed by atoms with Crippen LogP contribution in [0.25, 0.3) is 0 Å². The third-order valence-electron chi connectivity index (χ3n) is 2.39. The Balaban J connectivity index is 2.52. The van der Waals surface area contributed by atoms with Crippen LogP contribution in [0.1, 0.15) is 25.7 Å². The lowest BCUT2D eigenvalue weighted by Crippen LogP contribution is -2.18. The van der Waals surface area contributed by atoms with Gasteiger partial charge in [0.1, 0.15) is 5.78 Å². The number of rotatable bonds is 1. The van der Waals surface area contributed by atoms with Crippen LogP contribution in [0.4, 0.5) is 0 Å². The largest absolute Gasteiger partial charge is 0.324 e. The molecule has 0 heterocycles. The van der Waals surface area contributed by atoms with Crippen LogP contribution < -0.4 is 0 Å².